The molecular weight excluding hydrogens is 368 g/mol. The number of nitrogens with one attached hydrogen (secondary N) is 1. The van der Waals surface area contributed by atoms with Crippen LogP contribution in [0, 0.1) is 5.41 Å². The number of amidine groups is 1. The van der Waals surface area contributed by atoms with Gasteiger partial charge >= 0.3 is 0 Å². The second-order valence-corrected chi connectivity index (χ2v) is 9.93. The molecule has 0 unspecified atom stereocenters. The summed E-state index contributed by atoms with van der Waals surface area (Å²) in [6.45, 7) is 0.527. The van der Waals surface area contributed by atoms with Gasteiger partial charge in [-0.05, 0) is 48.6 Å². The van der Waals surface area contributed by atoms with Gasteiger partial charge < -0.3 is 5.32 Å². The smallest absolute Gasteiger partial charge is 0.150 e. The summed E-state index contributed by atoms with van der Waals surface area (Å²) in [4.78, 5) is 4.87. The number of hydrogen-bond acceptors (Lipinski definition) is 3. The average molecular weight is 389 g/mol. The van der Waals surface area contributed by atoms with Crippen LogP contribution in [0.1, 0.15) is 24.0 Å². The molecule has 0 aromatic heterocycles. The third kappa shape index (κ3) is 3.51. The molecule has 4 rings (SSSR count). The van der Waals surface area contributed by atoms with Gasteiger partial charge in [0.15, 0.2) is 0 Å². The van der Waals surface area contributed by atoms with Gasteiger partial charge in [-0.15, -0.1) is 0 Å². The van der Waals surface area contributed by atoms with Crippen molar-refractivity contribution in [2.24, 2.45) is 10.4 Å². The summed E-state index contributed by atoms with van der Waals surface area (Å²) in [5.74, 6) is 1.37. The Morgan fingerprint density at radius 2 is 1.85 bits per heavy atom. The van der Waals surface area contributed by atoms with Crippen LogP contribution in [-0.2, 0) is 22.8 Å². The van der Waals surface area contributed by atoms with E-state index in [9.17, 15) is 8.42 Å². The van der Waals surface area contributed by atoms with E-state index in [1.54, 1.807) is 0 Å². The van der Waals surface area contributed by atoms with Crippen LogP contribution in [0.4, 0.5) is 5.69 Å². The lowest BCUT2D eigenvalue weighted by atomic mass is 9.73. The minimum Gasteiger partial charge on any atom is -0.343 e. The lowest BCUT2D eigenvalue weighted by Crippen LogP contribution is -2.47. The van der Waals surface area contributed by atoms with Gasteiger partial charge in [-0.3, -0.25) is 4.99 Å². The third-order valence-corrected chi connectivity index (χ3v) is 7.28. The molecule has 1 saturated heterocycles. The van der Waals surface area contributed by atoms with Crippen LogP contribution in [0.25, 0.3) is 0 Å². The molecule has 2 aliphatic rings. The maximum Gasteiger partial charge on any atom is 0.150 e. The summed E-state index contributed by atoms with van der Waals surface area (Å²) >= 11 is 6.08. The Balaban J connectivity index is 1.68. The zero-order valence-electron chi connectivity index (χ0n) is 14.4. The van der Waals surface area contributed by atoms with E-state index in [4.69, 9.17) is 16.6 Å². The highest BCUT2D eigenvalue weighted by atomic mass is 35.5. The predicted molar refractivity (Wildman–Crippen MR) is 107 cm³/mol. The Kier molecular flexibility index (Phi) is 4.53. The molecule has 6 heteroatoms. The van der Waals surface area contributed by atoms with Gasteiger partial charge in [0.2, 0.25) is 0 Å². The maximum absolute atomic E-state index is 12.0. The van der Waals surface area contributed by atoms with Gasteiger partial charge in [0.05, 0.1) is 18.1 Å². The Bertz CT molecular complexity index is 955. The number of benzene rings is 2. The number of rotatable bonds is 2. The van der Waals surface area contributed by atoms with E-state index >= 15 is 0 Å². The highest BCUT2D eigenvalue weighted by molar-refractivity contribution is 7.91. The van der Waals surface area contributed by atoms with Gasteiger partial charge in [-0.1, -0.05) is 41.9 Å². The number of nitrogens with zero attached hydrogens (tertiary/aromatic N) is 1. The number of halogens is 1. The summed E-state index contributed by atoms with van der Waals surface area (Å²) in [7, 11) is -2.93. The first-order valence-electron chi connectivity index (χ1n) is 8.81. The number of sulfone groups is 1. The number of anilines is 1. The molecule has 0 atom stereocenters. The fraction of sp³-hybridized carbons (Fsp3) is 0.350. The Morgan fingerprint density at radius 1 is 1.08 bits per heavy atom. The molecule has 0 aliphatic carbocycles. The molecule has 0 bridgehead atoms. The Labute approximate surface area is 159 Å². The van der Waals surface area contributed by atoms with Crippen LogP contribution < -0.4 is 5.32 Å². The van der Waals surface area contributed by atoms with Gasteiger partial charge in [-0.25, -0.2) is 8.42 Å². The normalized spacial score (nSPS) is 22.0. The third-order valence-electron chi connectivity index (χ3n) is 5.39. The molecular formula is C20H21ClN2O2S. The summed E-state index contributed by atoms with van der Waals surface area (Å²) < 4.78 is 23.9. The van der Waals surface area contributed by atoms with Crippen molar-refractivity contribution in [1.82, 2.24) is 0 Å². The number of para-hydroxylation sites is 1. The standard InChI is InChI=1S/C20H21ClN2O2S/c21-17-6-3-4-15(12-17)14-22-19-20(8-10-26(24,25)11-9-20)13-16-5-1-2-7-18(16)23-19/h1-7,12H,8-11,13-14H2,(H,22,23). The fourth-order valence-electron chi connectivity index (χ4n) is 3.86. The summed E-state index contributed by atoms with van der Waals surface area (Å²) in [6, 6.07) is 15.9. The van der Waals surface area contributed by atoms with E-state index in [-0.39, 0.29) is 16.9 Å². The monoisotopic (exact) mass is 388 g/mol. The van der Waals surface area contributed by atoms with Crippen LogP contribution in [-0.4, -0.2) is 25.8 Å². The molecule has 1 N–H and O–H groups in total. The topological polar surface area (TPSA) is 58.5 Å². The molecule has 2 aromatic carbocycles. The molecule has 2 aromatic rings. The first-order valence-corrected chi connectivity index (χ1v) is 11.0. The molecule has 0 radical (unpaired) electrons. The van der Waals surface area contributed by atoms with E-state index in [1.807, 2.05) is 36.4 Å². The zero-order chi connectivity index (χ0) is 18.2. The number of hydrogen-bond donors (Lipinski definition) is 1. The van der Waals surface area contributed by atoms with Crippen molar-refractivity contribution in [2.45, 2.75) is 25.8 Å². The summed E-state index contributed by atoms with van der Waals surface area (Å²) in [5, 5.41) is 4.19. The van der Waals surface area contributed by atoms with Crippen molar-refractivity contribution >= 4 is 33.0 Å². The van der Waals surface area contributed by atoms with Gasteiger partial charge in [0, 0.05) is 16.1 Å². The highest BCUT2D eigenvalue weighted by Crippen LogP contribution is 2.42. The largest absolute Gasteiger partial charge is 0.343 e. The lowest BCUT2D eigenvalue weighted by Gasteiger charge is -2.42. The minimum absolute atomic E-state index is 0.224. The second-order valence-electron chi connectivity index (χ2n) is 7.19. The van der Waals surface area contributed by atoms with Crippen LogP contribution in [0.15, 0.2) is 53.5 Å². The maximum atomic E-state index is 12.0. The zero-order valence-corrected chi connectivity index (χ0v) is 16.0. The lowest BCUT2D eigenvalue weighted by molar-refractivity contribution is 0.365. The van der Waals surface area contributed by atoms with Gasteiger partial charge in [0.1, 0.15) is 15.7 Å². The van der Waals surface area contributed by atoms with E-state index in [0.29, 0.717) is 24.4 Å². The van der Waals surface area contributed by atoms with Gasteiger partial charge in [-0.2, -0.15) is 0 Å². The molecule has 0 amide bonds. The minimum atomic E-state index is -2.93. The van der Waals surface area contributed by atoms with Crippen molar-refractivity contribution < 1.29 is 8.42 Å². The van der Waals surface area contributed by atoms with Crippen molar-refractivity contribution in [3.05, 3.63) is 64.7 Å². The van der Waals surface area contributed by atoms with Crippen LogP contribution >= 0.6 is 11.6 Å². The van der Waals surface area contributed by atoms with Crippen molar-refractivity contribution in [3.8, 4) is 0 Å². The summed E-state index contributed by atoms with van der Waals surface area (Å²) in [5.41, 5.74) is 3.12. The first-order chi connectivity index (χ1) is 12.5. The summed E-state index contributed by atoms with van der Waals surface area (Å²) in [6.07, 6.45) is 2.07. The fourth-order valence-corrected chi connectivity index (χ4v) is 5.68. The molecule has 0 saturated carbocycles. The molecule has 1 spiro atoms. The Hall–Kier alpha value is -1.85. The van der Waals surface area contributed by atoms with Crippen LogP contribution in [0.2, 0.25) is 5.02 Å². The van der Waals surface area contributed by atoms with E-state index in [2.05, 4.69) is 17.4 Å². The van der Waals surface area contributed by atoms with Crippen molar-refractivity contribution in [3.63, 3.8) is 0 Å². The van der Waals surface area contributed by atoms with Crippen molar-refractivity contribution in [1.29, 1.82) is 0 Å². The molecule has 26 heavy (non-hydrogen) atoms. The number of fused-ring (bicyclic) bond motifs is 1. The molecule has 2 aliphatic heterocycles. The van der Waals surface area contributed by atoms with Crippen molar-refractivity contribution in [2.75, 3.05) is 16.8 Å². The average Bonchev–Trinajstić information content (AvgIpc) is 2.63. The second kappa shape index (κ2) is 6.71. The number of aliphatic imine (C=N–C) groups is 1. The molecule has 1 fully saturated rings. The van der Waals surface area contributed by atoms with Crippen LogP contribution in [0.5, 0.6) is 0 Å². The Morgan fingerprint density at radius 3 is 2.62 bits per heavy atom. The van der Waals surface area contributed by atoms with E-state index in [0.717, 1.165) is 23.5 Å². The quantitative estimate of drug-likeness (QED) is 0.842. The first kappa shape index (κ1) is 17.6. The molecule has 2 heterocycles. The molecule has 136 valence electrons. The SMILES string of the molecule is O=S1(=O)CCC2(CC1)Cc1ccccc1NC2=NCc1cccc(Cl)c1. The van der Waals surface area contributed by atoms with Crippen LogP contribution in [0.3, 0.4) is 0 Å². The van der Waals surface area contributed by atoms with E-state index < -0.39 is 9.84 Å². The van der Waals surface area contributed by atoms with Gasteiger partial charge in [0.25, 0.3) is 0 Å². The predicted octanol–water partition coefficient (Wildman–Crippen LogP) is 4.10. The highest BCUT2D eigenvalue weighted by Gasteiger charge is 2.44. The van der Waals surface area contributed by atoms with E-state index in [1.165, 1.54) is 5.56 Å². The molecule has 4 nitrogen and oxygen atoms in total.